The summed E-state index contributed by atoms with van der Waals surface area (Å²) in [4.78, 5) is 1.31. The predicted octanol–water partition coefficient (Wildman–Crippen LogP) is 2.25. The van der Waals surface area contributed by atoms with Crippen LogP contribution in [0.2, 0.25) is 0 Å². The number of aliphatic hydroxyl groups excluding tert-OH is 2. The lowest BCUT2D eigenvalue weighted by Gasteiger charge is -2.33. The molecule has 1 unspecified atom stereocenters. The largest absolute Gasteiger partial charge is 0.396 e. The van der Waals surface area contributed by atoms with Crippen molar-refractivity contribution < 1.29 is 28.6 Å². The van der Waals surface area contributed by atoms with Crippen LogP contribution in [-0.4, -0.2) is 48.7 Å². The second-order valence-corrected chi connectivity index (χ2v) is 7.79. The first-order valence-corrected chi connectivity index (χ1v) is 10.3. The highest BCUT2D eigenvalue weighted by molar-refractivity contribution is 5.30. The van der Waals surface area contributed by atoms with Gasteiger partial charge in [0.1, 0.15) is 30.4 Å². The minimum Gasteiger partial charge on any atom is -0.396 e. The fourth-order valence-corrected chi connectivity index (χ4v) is 4.15. The van der Waals surface area contributed by atoms with E-state index in [0.29, 0.717) is 12.6 Å². The minimum atomic E-state index is -0.660. The van der Waals surface area contributed by atoms with Crippen molar-refractivity contribution in [3.8, 4) is 0 Å². The molecule has 0 amide bonds. The van der Waals surface area contributed by atoms with E-state index in [2.05, 4.69) is 0 Å². The van der Waals surface area contributed by atoms with Crippen molar-refractivity contribution in [3.63, 3.8) is 0 Å². The van der Waals surface area contributed by atoms with Gasteiger partial charge in [0, 0.05) is 13.0 Å². The second kappa shape index (κ2) is 10.8. The molecule has 3 N–H and O–H groups in total. The number of rotatable bonds is 9. The summed E-state index contributed by atoms with van der Waals surface area (Å²) >= 11 is 0. The van der Waals surface area contributed by atoms with Gasteiger partial charge in [-0.25, -0.2) is 8.78 Å². The summed E-state index contributed by atoms with van der Waals surface area (Å²) in [6.45, 7) is 1.83. The third-order valence-electron chi connectivity index (χ3n) is 5.65. The van der Waals surface area contributed by atoms with Crippen LogP contribution in [0.4, 0.5) is 8.78 Å². The molecular weight excluding hydrogens is 376 g/mol. The van der Waals surface area contributed by atoms with Crippen LogP contribution in [-0.2, 0) is 4.74 Å². The van der Waals surface area contributed by atoms with E-state index in [1.54, 1.807) is 24.3 Å². The number of likely N-dealkylation sites (tertiary alicyclic amines) is 1. The van der Waals surface area contributed by atoms with Gasteiger partial charge in [-0.05, 0) is 54.7 Å². The summed E-state index contributed by atoms with van der Waals surface area (Å²) < 4.78 is 32.7. The molecule has 0 spiro atoms. The average molecular weight is 406 g/mol. The highest BCUT2D eigenvalue weighted by Crippen LogP contribution is 2.26. The van der Waals surface area contributed by atoms with E-state index in [1.807, 2.05) is 0 Å². The van der Waals surface area contributed by atoms with Crippen LogP contribution in [0.5, 0.6) is 0 Å². The number of ether oxygens (including phenoxy) is 1. The monoisotopic (exact) mass is 406 g/mol. The van der Waals surface area contributed by atoms with Crippen LogP contribution in [0.1, 0.15) is 42.9 Å². The first-order chi connectivity index (χ1) is 14.1. The molecule has 2 aromatic carbocycles. The standard InChI is InChI=1S/C23H29F2NO3/c24-19-8-4-17(5-9-19)23(18-6-10-20(25)11-7-18)29-16-22(28)15-26-13-2-1-3-21(26)12-14-27/h4-11,21-23,27-28H,1-3,12-16H2/p+1/t21-,22+/m1/s1. The zero-order valence-electron chi connectivity index (χ0n) is 16.6. The van der Waals surface area contributed by atoms with Crippen molar-refractivity contribution in [2.75, 3.05) is 26.3 Å². The molecule has 6 heteroatoms. The van der Waals surface area contributed by atoms with Gasteiger partial charge in [0.15, 0.2) is 0 Å². The molecule has 1 aliphatic heterocycles. The molecule has 1 fully saturated rings. The summed E-state index contributed by atoms with van der Waals surface area (Å²) in [6.07, 6.45) is 2.92. The number of hydrogen-bond acceptors (Lipinski definition) is 3. The maximum atomic E-state index is 13.3. The number of halogens is 2. The highest BCUT2D eigenvalue weighted by atomic mass is 19.1. The second-order valence-electron chi connectivity index (χ2n) is 7.79. The van der Waals surface area contributed by atoms with Gasteiger partial charge in [-0.1, -0.05) is 24.3 Å². The molecular formula is C23H30F2NO3+. The molecule has 3 atom stereocenters. The van der Waals surface area contributed by atoms with Crippen LogP contribution < -0.4 is 4.90 Å². The Morgan fingerprint density at radius 1 is 0.966 bits per heavy atom. The Hall–Kier alpha value is -1.86. The SMILES string of the molecule is OCC[C@H]1CCCC[NH+]1C[C@H](O)COC(c1ccc(F)cc1)c1ccc(F)cc1. The molecule has 2 aromatic rings. The molecule has 3 rings (SSSR count). The lowest BCUT2D eigenvalue weighted by atomic mass is 9.99. The van der Waals surface area contributed by atoms with Gasteiger partial charge in [-0.3, -0.25) is 0 Å². The van der Waals surface area contributed by atoms with Crippen molar-refractivity contribution in [3.05, 3.63) is 71.3 Å². The Labute approximate surface area is 170 Å². The maximum Gasteiger partial charge on any atom is 0.126 e. The topological polar surface area (TPSA) is 54.1 Å². The van der Waals surface area contributed by atoms with E-state index in [4.69, 9.17) is 4.74 Å². The summed E-state index contributed by atoms with van der Waals surface area (Å²) in [6, 6.07) is 12.4. The third kappa shape index (κ3) is 6.31. The van der Waals surface area contributed by atoms with E-state index in [9.17, 15) is 19.0 Å². The predicted molar refractivity (Wildman–Crippen MR) is 107 cm³/mol. The summed E-state index contributed by atoms with van der Waals surface area (Å²) in [7, 11) is 0. The number of piperidine rings is 1. The molecule has 0 saturated carbocycles. The fraction of sp³-hybridized carbons (Fsp3) is 0.478. The zero-order chi connectivity index (χ0) is 20.6. The number of nitrogens with one attached hydrogen (secondary N) is 1. The van der Waals surface area contributed by atoms with Crippen LogP contribution in [0.25, 0.3) is 0 Å². The third-order valence-corrected chi connectivity index (χ3v) is 5.65. The van der Waals surface area contributed by atoms with E-state index in [1.165, 1.54) is 29.2 Å². The number of aliphatic hydroxyl groups is 2. The Bertz CT molecular complexity index is 691. The molecule has 0 aliphatic carbocycles. The van der Waals surface area contributed by atoms with Gasteiger partial charge in [0.05, 0.1) is 19.2 Å². The number of hydrogen-bond donors (Lipinski definition) is 3. The Balaban J connectivity index is 1.66. The molecule has 1 saturated heterocycles. The Kier molecular flexibility index (Phi) is 8.12. The molecule has 0 radical (unpaired) electrons. The smallest absolute Gasteiger partial charge is 0.126 e. The van der Waals surface area contributed by atoms with Gasteiger partial charge in [-0.2, -0.15) is 0 Å². The van der Waals surface area contributed by atoms with Gasteiger partial charge < -0.3 is 19.8 Å². The molecule has 0 bridgehead atoms. The van der Waals surface area contributed by atoms with Crippen LogP contribution >= 0.6 is 0 Å². The van der Waals surface area contributed by atoms with Crippen molar-refractivity contribution in [1.82, 2.24) is 0 Å². The first-order valence-electron chi connectivity index (χ1n) is 10.3. The Morgan fingerprint density at radius 2 is 1.55 bits per heavy atom. The Morgan fingerprint density at radius 3 is 2.10 bits per heavy atom. The van der Waals surface area contributed by atoms with E-state index < -0.39 is 12.2 Å². The van der Waals surface area contributed by atoms with Gasteiger partial charge in [0.25, 0.3) is 0 Å². The maximum absolute atomic E-state index is 13.3. The van der Waals surface area contributed by atoms with Crippen LogP contribution in [0.3, 0.4) is 0 Å². The van der Waals surface area contributed by atoms with Crippen LogP contribution in [0.15, 0.2) is 48.5 Å². The molecule has 158 valence electrons. The van der Waals surface area contributed by atoms with Crippen molar-refractivity contribution in [2.24, 2.45) is 0 Å². The molecule has 1 heterocycles. The highest BCUT2D eigenvalue weighted by Gasteiger charge is 2.28. The van der Waals surface area contributed by atoms with E-state index >= 15 is 0 Å². The van der Waals surface area contributed by atoms with Crippen molar-refractivity contribution >= 4 is 0 Å². The minimum absolute atomic E-state index is 0.120. The fourth-order valence-electron chi connectivity index (χ4n) is 4.15. The number of benzene rings is 2. The molecule has 29 heavy (non-hydrogen) atoms. The van der Waals surface area contributed by atoms with Crippen molar-refractivity contribution in [2.45, 2.75) is 43.9 Å². The zero-order valence-corrected chi connectivity index (χ0v) is 16.6. The van der Waals surface area contributed by atoms with Crippen LogP contribution in [0, 0.1) is 11.6 Å². The lowest BCUT2D eigenvalue weighted by molar-refractivity contribution is -0.934. The molecule has 4 nitrogen and oxygen atoms in total. The van der Waals surface area contributed by atoms with Crippen molar-refractivity contribution in [1.29, 1.82) is 0 Å². The molecule has 1 aliphatic rings. The van der Waals surface area contributed by atoms with E-state index in [-0.39, 0.29) is 24.8 Å². The van der Waals surface area contributed by atoms with Gasteiger partial charge in [-0.15, -0.1) is 0 Å². The van der Waals surface area contributed by atoms with E-state index in [0.717, 1.165) is 43.4 Å². The molecule has 0 aromatic heterocycles. The summed E-state index contributed by atoms with van der Waals surface area (Å²) in [5.41, 5.74) is 1.49. The normalized spacial score (nSPS) is 20.7. The van der Waals surface area contributed by atoms with Gasteiger partial charge >= 0.3 is 0 Å². The quantitative estimate of drug-likeness (QED) is 0.599. The summed E-state index contributed by atoms with van der Waals surface area (Å²) in [5.74, 6) is -0.675. The lowest BCUT2D eigenvalue weighted by Crippen LogP contribution is -3.17. The number of quaternary nitrogens is 1. The summed E-state index contributed by atoms with van der Waals surface area (Å²) in [5, 5.41) is 19.9. The average Bonchev–Trinajstić information content (AvgIpc) is 2.72. The first kappa shape index (κ1) is 21.8. The van der Waals surface area contributed by atoms with Gasteiger partial charge in [0.2, 0.25) is 0 Å².